The minimum atomic E-state index is -3.01. The number of rotatable bonds is 4. The van der Waals surface area contributed by atoms with E-state index in [0.29, 0.717) is 0 Å². The summed E-state index contributed by atoms with van der Waals surface area (Å²) < 4.78 is 23.7. The minimum Gasteiger partial charge on any atom is -0.213 e. The molecular weight excluding hydrogens is 170 g/mol. The van der Waals surface area contributed by atoms with Crippen molar-refractivity contribution in [2.45, 2.75) is 13.0 Å². The van der Waals surface area contributed by atoms with E-state index in [2.05, 4.69) is 4.72 Å². The highest BCUT2D eigenvalue weighted by Gasteiger charge is 2.06. The molecule has 0 aromatic heterocycles. The van der Waals surface area contributed by atoms with Crippen LogP contribution in [0.2, 0.25) is 0 Å². The van der Waals surface area contributed by atoms with Crippen LogP contribution >= 0.6 is 11.8 Å². The van der Waals surface area contributed by atoms with Crippen molar-refractivity contribution >= 4 is 21.8 Å². The highest BCUT2D eigenvalue weighted by atomic mass is 32.2. The van der Waals surface area contributed by atoms with E-state index >= 15 is 0 Å². The van der Waals surface area contributed by atoms with Crippen LogP contribution in [0.25, 0.3) is 0 Å². The summed E-state index contributed by atoms with van der Waals surface area (Å²) in [5.74, 6) is 0.813. The molecule has 0 saturated carbocycles. The molecule has 0 fully saturated rings. The lowest BCUT2D eigenvalue weighted by atomic mass is 10.4. The largest absolute Gasteiger partial charge is 0.213 e. The third-order valence-electron chi connectivity index (χ3n) is 0.832. The molecule has 0 spiro atoms. The molecule has 0 aliphatic carbocycles. The van der Waals surface area contributed by atoms with Crippen LogP contribution in [0.5, 0.6) is 0 Å². The van der Waals surface area contributed by atoms with Crippen LogP contribution in [-0.4, -0.2) is 32.7 Å². The second kappa shape index (κ2) is 4.20. The molecule has 62 valence electrons. The van der Waals surface area contributed by atoms with Gasteiger partial charge in [-0.15, -0.1) is 0 Å². The van der Waals surface area contributed by atoms with Gasteiger partial charge in [0.15, 0.2) is 0 Å². The maximum Gasteiger partial charge on any atom is 0.208 e. The molecule has 0 bridgehead atoms. The van der Waals surface area contributed by atoms with Crippen LogP contribution in [0.15, 0.2) is 0 Å². The first kappa shape index (κ1) is 10.3. The topological polar surface area (TPSA) is 46.2 Å². The number of thioether (sulfide) groups is 1. The molecule has 5 heteroatoms. The molecule has 0 aliphatic rings. The van der Waals surface area contributed by atoms with Crippen molar-refractivity contribution in [3.05, 3.63) is 0 Å². The van der Waals surface area contributed by atoms with Gasteiger partial charge >= 0.3 is 0 Å². The lowest BCUT2D eigenvalue weighted by molar-refractivity contribution is 0.577. The molecular formula is C5H13NO2S2. The van der Waals surface area contributed by atoms with Gasteiger partial charge in [0.05, 0.1) is 6.26 Å². The maximum atomic E-state index is 10.6. The number of hydrogen-bond donors (Lipinski definition) is 1. The van der Waals surface area contributed by atoms with Gasteiger partial charge in [-0.05, 0) is 13.2 Å². The molecule has 0 aliphatic heterocycles. The van der Waals surface area contributed by atoms with Crippen molar-refractivity contribution in [3.8, 4) is 0 Å². The van der Waals surface area contributed by atoms with E-state index in [1.165, 1.54) is 6.26 Å². The molecule has 0 aromatic carbocycles. The quantitative estimate of drug-likeness (QED) is 0.681. The number of sulfonamides is 1. The molecule has 1 N–H and O–H groups in total. The van der Waals surface area contributed by atoms with Gasteiger partial charge in [0, 0.05) is 11.8 Å². The molecule has 0 rings (SSSR count). The second-order valence-corrected chi connectivity index (χ2v) is 4.94. The van der Waals surface area contributed by atoms with Crippen molar-refractivity contribution in [2.24, 2.45) is 0 Å². The first-order valence-corrected chi connectivity index (χ1v) is 6.20. The summed E-state index contributed by atoms with van der Waals surface area (Å²) in [7, 11) is -3.01. The van der Waals surface area contributed by atoms with Crippen molar-refractivity contribution in [3.63, 3.8) is 0 Å². The Morgan fingerprint density at radius 3 is 2.40 bits per heavy atom. The fourth-order valence-electron chi connectivity index (χ4n) is 0.649. The van der Waals surface area contributed by atoms with Crippen LogP contribution < -0.4 is 4.72 Å². The molecule has 1 unspecified atom stereocenters. The van der Waals surface area contributed by atoms with Crippen LogP contribution in [-0.2, 0) is 10.0 Å². The van der Waals surface area contributed by atoms with Gasteiger partial charge in [-0.25, -0.2) is 13.1 Å². The lowest BCUT2D eigenvalue weighted by Gasteiger charge is -2.08. The standard InChI is InChI=1S/C5H13NO2S2/c1-5(4-9-2)6-10(3,7)8/h5-6H,4H2,1-3H3. The highest BCUT2D eigenvalue weighted by Crippen LogP contribution is 1.96. The van der Waals surface area contributed by atoms with Gasteiger partial charge in [-0.3, -0.25) is 0 Å². The van der Waals surface area contributed by atoms with Crippen LogP contribution in [0.1, 0.15) is 6.92 Å². The predicted molar refractivity (Wildman–Crippen MR) is 45.8 cm³/mol. The predicted octanol–water partition coefficient (Wildman–Crippen LogP) is 0.287. The zero-order chi connectivity index (χ0) is 8.20. The van der Waals surface area contributed by atoms with E-state index in [4.69, 9.17) is 0 Å². The van der Waals surface area contributed by atoms with Gasteiger partial charge in [-0.1, -0.05) is 0 Å². The Labute approximate surface area is 66.6 Å². The van der Waals surface area contributed by atoms with Gasteiger partial charge in [-0.2, -0.15) is 11.8 Å². The van der Waals surface area contributed by atoms with E-state index in [0.717, 1.165) is 5.75 Å². The molecule has 0 aromatic rings. The Morgan fingerprint density at radius 1 is 1.60 bits per heavy atom. The second-order valence-electron chi connectivity index (χ2n) is 2.25. The van der Waals surface area contributed by atoms with E-state index in [1.54, 1.807) is 11.8 Å². The zero-order valence-electron chi connectivity index (χ0n) is 6.42. The zero-order valence-corrected chi connectivity index (χ0v) is 8.05. The van der Waals surface area contributed by atoms with Crippen molar-refractivity contribution in [1.82, 2.24) is 4.72 Å². The third kappa shape index (κ3) is 6.38. The average Bonchev–Trinajstić information content (AvgIpc) is 1.59. The number of nitrogens with one attached hydrogen (secondary N) is 1. The smallest absolute Gasteiger partial charge is 0.208 e. The van der Waals surface area contributed by atoms with Crippen molar-refractivity contribution in [2.75, 3.05) is 18.3 Å². The molecule has 0 amide bonds. The van der Waals surface area contributed by atoms with Crippen molar-refractivity contribution in [1.29, 1.82) is 0 Å². The molecule has 0 saturated heterocycles. The fourth-order valence-corrected chi connectivity index (χ4v) is 2.15. The highest BCUT2D eigenvalue weighted by molar-refractivity contribution is 7.98. The normalized spacial score (nSPS) is 15.1. The Morgan fingerprint density at radius 2 is 2.10 bits per heavy atom. The Hall–Kier alpha value is 0.260. The van der Waals surface area contributed by atoms with Crippen LogP contribution in [0.3, 0.4) is 0 Å². The van der Waals surface area contributed by atoms with Gasteiger partial charge in [0.2, 0.25) is 10.0 Å². The Balaban J connectivity index is 3.69. The summed E-state index contributed by atoms with van der Waals surface area (Å²) >= 11 is 1.62. The summed E-state index contributed by atoms with van der Waals surface area (Å²) in [6.45, 7) is 1.84. The summed E-state index contributed by atoms with van der Waals surface area (Å²) in [4.78, 5) is 0. The van der Waals surface area contributed by atoms with E-state index in [1.807, 2.05) is 13.2 Å². The van der Waals surface area contributed by atoms with E-state index in [-0.39, 0.29) is 6.04 Å². The molecule has 1 atom stereocenters. The lowest BCUT2D eigenvalue weighted by Crippen LogP contribution is -2.33. The Kier molecular flexibility index (Phi) is 4.31. The monoisotopic (exact) mass is 183 g/mol. The number of hydrogen-bond acceptors (Lipinski definition) is 3. The van der Waals surface area contributed by atoms with Crippen LogP contribution in [0.4, 0.5) is 0 Å². The molecule has 3 nitrogen and oxygen atoms in total. The summed E-state index contributed by atoms with van der Waals surface area (Å²) in [6, 6.07) is 0.0324. The van der Waals surface area contributed by atoms with E-state index < -0.39 is 10.0 Å². The van der Waals surface area contributed by atoms with E-state index in [9.17, 15) is 8.42 Å². The van der Waals surface area contributed by atoms with Gasteiger partial charge in [0.25, 0.3) is 0 Å². The summed E-state index contributed by atoms with van der Waals surface area (Å²) in [5.41, 5.74) is 0. The third-order valence-corrected chi connectivity index (χ3v) is 2.50. The van der Waals surface area contributed by atoms with Crippen molar-refractivity contribution < 1.29 is 8.42 Å². The maximum absolute atomic E-state index is 10.6. The van der Waals surface area contributed by atoms with Gasteiger partial charge in [0.1, 0.15) is 0 Å². The molecule has 10 heavy (non-hydrogen) atoms. The first-order valence-electron chi connectivity index (χ1n) is 2.92. The summed E-state index contributed by atoms with van der Waals surface area (Å²) in [6.07, 6.45) is 3.12. The molecule has 0 radical (unpaired) electrons. The Bertz CT molecular complexity index is 176. The fraction of sp³-hybridized carbons (Fsp3) is 1.00. The first-order chi connectivity index (χ1) is 4.45. The minimum absolute atomic E-state index is 0.0324. The summed E-state index contributed by atoms with van der Waals surface area (Å²) in [5, 5.41) is 0. The average molecular weight is 183 g/mol. The van der Waals surface area contributed by atoms with Gasteiger partial charge < -0.3 is 0 Å². The SMILES string of the molecule is CSCC(C)NS(C)(=O)=O. The van der Waals surface area contributed by atoms with Crippen LogP contribution in [0, 0.1) is 0 Å². The molecule has 0 heterocycles.